The van der Waals surface area contributed by atoms with Gasteiger partial charge in [0.25, 0.3) is 0 Å². The maximum Gasteiger partial charge on any atom is 0.192 e. The minimum absolute atomic E-state index is 0. The summed E-state index contributed by atoms with van der Waals surface area (Å²) < 4.78 is 5.26. The molecule has 4 nitrogen and oxygen atoms in total. The number of guanidine groups is 1. The number of halogens is 1. The second kappa shape index (κ2) is 10.7. The van der Waals surface area contributed by atoms with E-state index in [0.717, 1.165) is 31.2 Å². The summed E-state index contributed by atoms with van der Waals surface area (Å²) in [5.41, 5.74) is 0. The van der Waals surface area contributed by atoms with Gasteiger partial charge in [0.1, 0.15) is 5.76 Å². The zero-order chi connectivity index (χ0) is 13.2. The standard InChI is InChI=1S/C14H21N3O.HI/c1-4-8-15-14(17-11-12(2)3)16-9-7-13-6-5-10-18-13;/h1,5-6,10,12H,7-9,11H2,2-3H3,(H2,15,16,17);1H. The van der Waals surface area contributed by atoms with Crippen molar-refractivity contribution >= 4 is 29.9 Å². The number of nitrogens with one attached hydrogen (secondary N) is 2. The van der Waals surface area contributed by atoms with E-state index in [1.54, 1.807) is 6.26 Å². The molecule has 19 heavy (non-hydrogen) atoms. The highest BCUT2D eigenvalue weighted by atomic mass is 127. The van der Waals surface area contributed by atoms with Crippen molar-refractivity contribution in [1.29, 1.82) is 0 Å². The molecule has 0 aliphatic heterocycles. The molecule has 0 aliphatic carbocycles. The van der Waals surface area contributed by atoms with E-state index in [1.165, 1.54) is 0 Å². The van der Waals surface area contributed by atoms with Crippen molar-refractivity contribution in [2.24, 2.45) is 10.9 Å². The first kappa shape index (κ1) is 17.8. The predicted molar refractivity (Wildman–Crippen MR) is 89.8 cm³/mol. The predicted octanol–water partition coefficient (Wildman–Crippen LogP) is 2.26. The monoisotopic (exact) mass is 375 g/mol. The van der Waals surface area contributed by atoms with E-state index < -0.39 is 0 Å². The van der Waals surface area contributed by atoms with E-state index >= 15 is 0 Å². The van der Waals surface area contributed by atoms with Gasteiger partial charge in [0.2, 0.25) is 0 Å². The largest absolute Gasteiger partial charge is 0.469 e. The van der Waals surface area contributed by atoms with Crippen LogP contribution in [-0.4, -0.2) is 25.6 Å². The third-order valence-electron chi connectivity index (χ3n) is 2.22. The van der Waals surface area contributed by atoms with Crippen LogP contribution in [0, 0.1) is 18.3 Å². The van der Waals surface area contributed by atoms with Gasteiger partial charge in [0.05, 0.1) is 12.8 Å². The molecule has 5 heteroatoms. The first-order valence-electron chi connectivity index (χ1n) is 6.20. The number of hydrogen-bond donors (Lipinski definition) is 2. The van der Waals surface area contributed by atoms with Gasteiger partial charge in [-0.25, -0.2) is 0 Å². The Morgan fingerprint density at radius 1 is 1.47 bits per heavy atom. The lowest BCUT2D eigenvalue weighted by atomic mass is 10.2. The minimum atomic E-state index is 0. The summed E-state index contributed by atoms with van der Waals surface area (Å²) in [5.74, 6) is 4.79. The Bertz CT molecular complexity index is 393. The van der Waals surface area contributed by atoms with E-state index in [0.29, 0.717) is 12.5 Å². The molecule has 0 amide bonds. The van der Waals surface area contributed by atoms with E-state index in [-0.39, 0.29) is 24.0 Å². The molecule has 106 valence electrons. The fourth-order valence-electron chi connectivity index (χ4n) is 1.34. The van der Waals surface area contributed by atoms with E-state index in [2.05, 4.69) is 35.4 Å². The van der Waals surface area contributed by atoms with Crippen molar-refractivity contribution in [2.75, 3.05) is 19.6 Å². The summed E-state index contributed by atoms with van der Waals surface area (Å²) in [6.07, 6.45) is 7.73. The average Bonchev–Trinajstić information content (AvgIpc) is 2.84. The second-order valence-corrected chi connectivity index (χ2v) is 4.40. The molecule has 0 bridgehead atoms. The molecule has 0 saturated heterocycles. The molecule has 0 spiro atoms. The second-order valence-electron chi connectivity index (χ2n) is 4.40. The zero-order valence-corrected chi connectivity index (χ0v) is 13.8. The Morgan fingerprint density at radius 3 is 2.84 bits per heavy atom. The molecule has 1 aromatic rings. The topological polar surface area (TPSA) is 49.6 Å². The van der Waals surface area contributed by atoms with Gasteiger partial charge in [-0.15, -0.1) is 30.4 Å². The van der Waals surface area contributed by atoms with Crippen LogP contribution in [0.5, 0.6) is 0 Å². The van der Waals surface area contributed by atoms with E-state index in [9.17, 15) is 0 Å². The maximum atomic E-state index is 5.26. The van der Waals surface area contributed by atoms with Crippen LogP contribution in [0.2, 0.25) is 0 Å². The molecule has 1 aromatic heterocycles. The first-order chi connectivity index (χ1) is 8.72. The summed E-state index contributed by atoms with van der Waals surface area (Å²) in [7, 11) is 0. The number of hydrogen-bond acceptors (Lipinski definition) is 2. The molecule has 2 N–H and O–H groups in total. The van der Waals surface area contributed by atoms with Crippen molar-refractivity contribution in [3.8, 4) is 12.3 Å². The van der Waals surface area contributed by atoms with Gasteiger partial charge in [-0.2, -0.15) is 0 Å². The number of furan rings is 1. The minimum Gasteiger partial charge on any atom is -0.469 e. The van der Waals surface area contributed by atoms with Crippen LogP contribution in [0.15, 0.2) is 27.8 Å². The smallest absolute Gasteiger partial charge is 0.192 e. The Kier molecular flexibility index (Phi) is 10.1. The van der Waals surface area contributed by atoms with Gasteiger partial charge in [0.15, 0.2) is 5.96 Å². The molecular weight excluding hydrogens is 353 g/mol. The molecule has 0 aliphatic rings. The van der Waals surface area contributed by atoms with Crippen LogP contribution in [0.1, 0.15) is 19.6 Å². The molecule has 1 heterocycles. The molecule has 0 radical (unpaired) electrons. The first-order valence-corrected chi connectivity index (χ1v) is 6.20. The molecule has 1 rings (SSSR count). The lowest BCUT2D eigenvalue weighted by Crippen LogP contribution is -2.38. The summed E-state index contributed by atoms with van der Waals surface area (Å²) in [6, 6.07) is 3.85. The molecule has 0 aromatic carbocycles. The number of rotatable bonds is 6. The quantitative estimate of drug-likeness (QED) is 0.347. The highest BCUT2D eigenvalue weighted by Gasteiger charge is 2.00. The number of terminal acetylenes is 1. The summed E-state index contributed by atoms with van der Waals surface area (Å²) in [5, 5.41) is 6.31. The summed E-state index contributed by atoms with van der Waals surface area (Å²) in [4.78, 5) is 4.45. The average molecular weight is 375 g/mol. The fraction of sp³-hybridized carbons (Fsp3) is 0.500. The van der Waals surface area contributed by atoms with Gasteiger partial charge in [-0.1, -0.05) is 19.8 Å². The molecule has 0 atom stereocenters. The zero-order valence-electron chi connectivity index (χ0n) is 11.5. The van der Waals surface area contributed by atoms with Gasteiger partial charge in [0, 0.05) is 19.5 Å². The Labute approximate surface area is 132 Å². The van der Waals surface area contributed by atoms with E-state index in [4.69, 9.17) is 10.8 Å². The lowest BCUT2D eigenvalue weighted by Gasteiger charge is -2.11. The Hall–Kier alpha value is -1.16. The molecule has 0 unspecified atom stereocenters. The third kappa shape index (κ3) is 8.54. The van der Waals surface area contributed by atoms with Crippen molar-refractivity contribution < 1.29 is 4.42 Å². The Balaban J connectivity index is 0.00000324. The van der Waals surface area contributed by atoms with E-state index in [1.807, 2.05) is 12.1 Å². The lowest BCUT2D eigenvalue weighted by molar-refractivity contribution is 0.506. The highest BCUT2D eigenvalue weighted by molar-refractivity contribution is 14.0. The molecule has 0 fully saturated rings. The van der Waals surface area contributed by atoms with Crippen molar-refractivity contribution in [3.05, 3.63) is 24.2 Å². The van der Waals surface area contributed by atoms with Crippen LogP contribution >= 0.6 is 24.0 Å². The third-order valence-corrected chi connectivity index (χ3v) is 2.22. The van der Waals surface area contributed by atoms with Crippen molar-refractivity contribution in [2.45, 2.75) is 20.3 Å². The fourth-order valence-corrected chi connectivity index (χ4v) is 1.34. The van der Waals surface area contributed by atoms with Gasteiger partial charge >= 0.3 is 0 Å². The SMILES string of the molecule is C#CCNC(=NCC(C)C)NCCc1ccco1.I. The highest BCUT2D eigenvalue weighted by Crippen LogP contribution is 1.99. The summed E-state index contributed by atoms with van der Waals surface area (Å²) in [6.45, 7) is 6.28. The number of nitrogens with zero attached hydrogens (tertiary/aromatic N) is 1. The number of aliphatic imine (C=N–C) groups is 1. The van der Waals surface area contributed by atoms with Crippen LogP contribution in [0.4, 0.5) is 0 Å². The molecular formula is C14H22IN3O. The maximum absolute atomic E-state index is 5.26. The normalized spacial score (nSPS) is 10.7. The van der Waals surface area contributed by atoms with Crippen LogP contribution in [-0.2, 0) is 6.42 Å². The molecule has 0 saturated carbocycles. The van der Waals surface area contributed by atoms with Gasteiger partial charge < -0.3 is 15.1 Å². The Morgan fingerprint density at radius 2 is 2.26 bits per heavy atom. The van der Waals surface area contributed by atoms with Crippen molar-refractivity contribution in [1.82, 2.24) is 10.6 Å². The van der Waals surface area contributed by atoms with Crippen LogP contribution in [0.25, 0.3) is 0 Å². The summed E-state index contributed by atoms with van der Waals surface area (Å²) >= 11 is 0. The van der Waals surface area contributed by atoms with Crippen LogP contribution in [0.3, 0.4) is 0 Å². The van der Waals surface area contributed by atoms with Gasteiger partial charge in [-0.3, -0.25) is 4.99 Å². The van der Waals surface area contributed by atoms with Gasteiger partial charge in [-0.05, 0) is 18.1 Å². The van der Waals surface area contributed by atoms with Crippen LogP contribution < -0.4 is 10.6 Å². The van der Waals surface area contributed by atoms with Crippen molar-refractivity contribution in [3.63, 3.8) is 0 Å².